The summed E-state index contributed by atoms with van der Waals surface area (Å²) in [6.07, 6.45) is 10.8. The van der Waals surface area contributed by atoms with E-state index in [0.717, 1.165) is 36.7 Å². The van der Waals surface area contributed by atoms with Crippen molar-refractivity contribution in [3.8, 4) is 0 Å². The Morgan fingerprint density at radius 2 is 2.11 bits per heavy atom. The van der Waals surface area contributed by atoms with Crippen molar-refractivity contribution in [2.45, 2.75) is 71.4 Å². The molecule has 11 heteroatoms. The minimum absolute atomic E-state index is 0.00140. The summed E-state index contributed by atoms with van der Waals surface area (Å²) in [5.41, 5.74) is 0.148. The van der Waals surface area contributed by atoms with E-state index < -0.39 is 17.2 Å². The number of unbranched alkanes of at least 4 members (excludes halogenated alkanes) is 2. The molecule has 2 atom stereocenters. The standard InChI is InChI=1S/C24H35N5O6/c1-4-5-6-12-28-16-26-21-20(28)22(31)29(24(33)27(21)3)13-14-34-23(32)17(2)8-7-11-25-19-10-9-18(15-30)35-19/h7-8,11,16,18-19,25,30H,4-6,9-10,12-15H2,1-3H3/b11-7-,17-8+. The zero-order valence-corrected chi connectivity index (χ0v) is 20.6. The molecule has 0 aliphatic carbocycles. The van der Waals surface area contributed by atoms with E-state index in [1.807, 2.05) is 0 Å². The highest BCUT2D eigenvalue weighted by Gasteiger charge is 2.23. The number of aliphatic hydroxyl groups excluding tert-OH is 1. The number of fused-ring (bicyclic) bond motifs is 1. The van der Waals surface area contributed by atoms with Gasteiger partial charge in [0.05, 0.1) is 25.6 Å². The zero-order chi connectivity index (χ0) is 25.4. The zero-order valence-electron chi connectivity index (χ0n) is 20.6. The van der Waals surface area contributed by atoms with Gasteiger partial charge in [0.2, 0.25) is 0 Å². The summed E-state index contributed by atoms with van der Waals surface area (Å²) in [4.78, 5) is 42.3. The highest BCUT2D eigenvalue weighted by molar-refractivity contribution is 5.88. The number of nitrogens with one attached hydrogen (secondary N) is 1. The number of nitrogens with zero attached hydrogens (tertiary/aromatic N) is 4. The minimum Gasteiger partial charge on any atom is -0.460 e. The van der Waals surface area contributed by atoms with Crippen molar-refractivity contribution < 1.29 is 19.4 Å². The summed E-state index contributed by atoms with van der Waals surface area (Å²) >= 11 is 0. The average molecular weight is 490 g/mol. The number of hydrogen-bond acceptors (Lipinski definition) is 8. The van der Waals surface area contributed by atoms with Crippen molar-refractivity contribution in [2.75, 3.05) is 13.2 Å². The van der Waals surface area contributed by atoms with E-state index in [9.17, 15) is 14.4 Å². The summed E-state index contributed by atoms with van der Waals surface area (Å²) in [6, 6.07) is 0. The van der Waals surface area contributed by atoms with E-state index in [0.29, 0.717) is 23.3 Å². The number of imidazole rings is 1. The highest BCUT2D eigenvalue weighted by Crippen LogP contribution is 2.17. The molecule has 2 aromatic heterocycles. The monoisotopic (exact) mass is 489 g/mol. The van der Waals surface area contributed by atoms with Crippen LogP contribution in [0.15, 0.2) is 39.8 Å². The van der Waals surface area contributed by atoms with E-state index in [1.54, 1.807) is 43.2 Å². The van der Waals surface area contributed by atoms with Gasteiger partial charge in [0.15, 0.2) is 11.2 Å². The molecule has 3 heterocycles. The number of aryl methyl sites for hydroxylation is 2. The predicted molar refractivity (Wildman–Crippen MR) is 131 cm³/mol. The van der Waals surface area contributed by atoms with Crippen LogP contribution in [0.3, 0.4) is 0 Å². The van der Waals surface area contributed by atoms with Crippen LogP contribution in [0.5, 0.6) is 0 Å². The SMILES string of the molecule is CCCCCn1cnc2c1c(=O)n(CCOC(=O)/C(C)=C/C=C\NC1CCC(CO)O1)c(=O)n2C. The van der Waals surface area contributed by atoms with Gasteiger partial charge in [0, 0.05) is 19.2 Å². The van der Waals surface area contributed by atoms with Crippen molar-refractivity contribution in [2.24, 2.45) is 7.05 Å². The molecule has 0 aromatic carbocycles. The first-order valence-electron chi connectivity index (χ1n) is 12.0. The normalized spacial score (nSPS) is 18.6. The molecular weight excluding hydrogens is 454 g/mol. The molecule has 1 saturated heterocycles. The summed E-state index contributed by atoms with van der Waals surface area (Å²) < 4.78 is 15.0. The first-order valence-corrected chi connectivity index (χ1v) is 12.0. The van der Waals surface area contributed by atoms with E-state index in [-0.39, 0.29) is 32.1 Å². The van der Waals surface area contributed by atoms with Crippen LogP contribution in [0.1, 0.15) is 46.0 Å². The number of rotatable bonds is 12. The third kappa shape index (κ3) is 6.49. The Labute approximate surface area is 203 Å². The Morgan fingerprint density at radius 1 is 1.31 bits per heavy atom. The molecule has 0 amide bonds. The van der Waals surface area contributed by atoms with E-state index in [1.165, 1.54) is 4.57 Å². The first-order chi connectivity index (χ1) is 16.9. The summed E-state index contributed by atoms with van der Waals surface area (Å²) in [6.45, 7) is 4.20. The fraction of sp³-hybridized carbons (Fsp3) is 0.583. The molecule has 0 spiro atoms. The molecule has 2 aromatic rings. The lowest BCUT2D eigenvalue weighted by Crippen LogP contribution is -2.40. The third-order valence-electron chi connectivity index (χ3n) is 6.01. The Morgan fingerprint density at radius 3 is 2.83 bits per heavy atom. The largest absolute Gasteiger partial charge is 0.460 e. The fourth-order valence-corrected chi connectivity index (χ4v) is 3.95. The van der Waals surface area contributed by atoms with Gasteiger partial charge in [-0.2, -0.15) is 0 Å². The Bertz CT molecular complexity index is 1190. The lowest BCUT2D eigenvalue weighted by molar-refractivity contribution is -0.139. The molecule has 0 saturated carbocycles. The lowest BCUT2D eigenvalue weighted by Gasteiger charge is -2.11. The minimum atomic E-state index is -0.539. The van der Waals surface area contributed by atoms with Crippen LogP contribution < -0.4 is 16.6 Å². The maximum atomic E-state index is 13.0. The number of esters is 1. The van der Waals surface area contributed by atoms with Crippen LogP contribution in [0.25, 0.3) is 11.2 Å². The Kier molecular flexibility index (Phi) is 9.44. The summed E-state index contributed by atoms with van der Waals surface area (Å²) in [7, 11) is 1.57. The molecule has 1 aliphatic heterocycles. The number of hydrogen-bond donors (Lipinski definition) is 2. The number of aromatic nitrogens is 4. The second-order valence-corrected chi connectivity index (χ2v) is 8.63. The quantitative estimate of drug-likeness (QED) is 0.197. The smallest absolute Gasteiger partial charge is 0.333 e. The van der Waals surface area contributed by atoms with Gasteiger partial charge in [0.1, 0.15) is 12.8 Å². The predicted octanol–water partition coefficient (Wildman–Crippen LogP) is 1.18. The third-order valence-corrected chi connectivity index (χ3v) is 6.01. The van der Waals surface area contributed by atoms with Gasteiger partial charge >= 0.3 is 11.7 Å². The molecule has 1 fully saturated rings. The van der Waals surface area contributed by atoms with Crippen molar-refractivity contribution in [3.05, 3.63) is 51.1 Å². The van der Waals surface area contributed by atoms with Crippen LogP contribution in [-0.4, -0.2) is 55.3 Å². The van der Waals surface area contributed by atoms with Gasteiger partial charge in [-0.05, 0) is 38.5 Å². The number of allylic oxidation sites excluding steroid dienone is 2. The highest BCUT2D eigenvalue weighted by atomic mass is 16.5. The van der Waals surface area contributed by atoms with Gasteiger partial charge in [-0.25, -0.2) is 14.6 Å². The van der Waals surface area contributed by atoms with Gasteiger partial charge in [0.25, 0.3) is 5.56 Å². The van der Waals surface area contributed by atoms with Crippen LogP contribution in [0.4, 0.5) is 0 Å². The van der Waals surface area contributed by atoms with Crippen LogP contribution in [0.2, 0.25) is 0 Å². The second kappa shape index (κ2) is 12.5. The molecule has 3 rings (SSSR count). The Hall–Kier alpha value is -3.18. The molecule has 1 aliphatic rings. The van der Waals surface area contributed by atoms with Crippen LogP contribution in [-0.2, 0) is 34.4 Å². The number of aliphatic hydroxyl groups is 1. The van der Waals surface area contributed by atoms with Crippen molar-refractivity contribution in [1.82, 2.24) is 24.0 Å². The van der Waals surface area contributed by atoms with Gasteiger partial charge < -0.3 is 24.5 Å². The van der Waals surface area contributed by atoms with Crippen LogP contribution >= 0.6 is 0 Å². The second-order valence-electron chi connectivity index (χ2n) is 8.63. The molecule has 35 heavy (non-hydrogen) atoms. The molecular formula is C24H35N5O6. The topological polar surface area (TPSA) is 130 Å². The number of ether oxygens (including phenoxy) is 2. The maximum Gasteiger partial charge on any atom is 0.333 e. The summed E-state index contributed by atoms with van der Waals surface area (Å²) in [5, 5.41) is 12.2. The lowest BCUT2D eigenvalue weighted by atomic mass is 10.2. The van der Waals surface area contributed by atoms with Crippen molar-refractivity contribution in [1.29, 1.82) is 0 Å². The summed E-state index contributed by atoms with van der Waals surface area (Å²) in [5.74, 6) is -0.539. The number of carbonyl (C=O) groups is 1. The van der Waals surface area contributed by atoms with Gasteiger partial charge in [-0.3, -0.25) is 13.9 Å². The molecule has 2 N–H and O–H groups in total. The van der Waals surface area contributed by atoms with E-state index in [2.05, 4.69) is 17.2 Å². The van der Waals surface area contributed by atoms with E-state index in [4.69, 9.17) is 14.6 Å². The van der Waals surface area contributed by atoms with E-state index >= 15 is 0 Å². The average Bonchev–Trinajstić information content (AvgIpc) is 3.49. The first kappa shape index (κ1) is 26.4. The van der Waals surface area contributed by atoms with Crippen LogP contribution in [0, 0.1) is 0 Å². The molecule has 192 valence electrons. The van der Waals surface area contributed by atoms with Gasteiger partial charge in [-0.15, -0.1) is 0 Å². The number of carbonyl (C=O) groups excluding carboxylic acids is 1. The maximum absolute atomic E-state index is 13.0. The van der Waals surface area contributed by atoms with Gasteiger partial charge in [-0.1, -0.05) is 25.8 Å². The molecule has 11 nitrogen and oxygen atoms in total. The molecule has 0 bridgehead atoms. The Balaban J connectivity index is 1.58. The fourth-order valence-electron chi connectivity index (χ4n) is 3.95. The van der Waals surface area contributed by atoms with Crippen molar-refractivity contribution in [3.63, 3.8) is 0 Å². The molecule has 2 unspecified atom stereocenters. The molecule has 0 radical (unpaired) electrons. The van der Waals surface area contributed by atoms with Crippen molar-refractivity contribution >= 4 is 17.1 Å².